The zero-order valence-corrected chi connectivity index (χ0v) is 19.2. The molecule has 2 aliphatic heterocycles. The highest BCUT2D eigenvalue weighted by Gasteiger charge is 2.36. The average Bonchev–Trinajstić information content (AvgIpc) is 3.37. The molecule has 2 amide bonds. The first kappa shape index (κ1) is 21.7. The standard InChI is InChI=1S/C24H15Cl2NO5S/c25-17-8-15(11-21-23(28)27(24(29)33-21)16-4-2-1-3-5-16)9-18(26)22(17)30-12-14-6-7-19-20(10-14)32-13-31-19/h1-11H,12-13H2/b21-11-. The monoisotopic (exact) mass is 499 g/mol. The maximum atomic E-state index is 12.8. The Balaban J connectivity index is 1.34. The van der Waals surface area contributed by atoms with Crippen molar-refractivity contribution in [1.29, 1.82) is 0 Å². The summed E-state index contributed by atoms with van der Waals surface area (Å²) in [5.41, 5.74) is 1.97. The molecule has 3 aromatic rings. The molecule has 0 saturated carbocycles. The van der Waals surface area contributed by atoms with Crippen LogP contribution in [0.5, 0.6) is 17.2 Å². The van der Waals surface area contributed by atoms with Crippen LogP contribution in [-0.2, 0) is 11.4 Å². The lowest BCUT2D eigenvalue weighted by atomic mass is 10.2. The highest BCUT2D eigenvalue weighted by atomic mass is 35.5. The fraction of sp³-hybridized carbons (Fsp3) is 0.0833. The average molecular weight is 500 g/mol. The molecule has 0 bridgehead atoms. The molecule has 166 valence electrons. The summed E-state index contributed by atoms with van der Waals surface area (Å²) >= 11 is 13.7. The maximum absolute atomic E-state index is 12.8. The van der Waals surface area contributed by atoms with E-state index in [1.54, 1.807) is 42.5 Å². The molecule has 0 N–H and O–H groups in total. The van der Waals surface area contributed by atoms with Gasteiger partial charge < -0.3 is 14.2 Å². The number of amides is 2. The first-order valence-electron chi connectivity index (χ1n) is 9.83. The van der Waals surface area contributed by atoms with E-state index >= 15 is 0 Å². The minimum atomic E-state index is -0.397. The molecule has 0 spiro atoms. The summed E-state index contributed by atoms with van der Waals surface area (Å²) in [6.07, 6.45) is 1.59. The lowest BCUT2D eigenvalue weighted by Crippen LogP contribution is -2.27. The van der Waals surface area contributed by atoms with Gasteiger partial charge in [-0.05, 0) is 65.4 Å². The van der Waals surface area contributed by atoms with Crippen molar-refractivity contribution in [3.63, 3.8) is 0 Å². The van der Waals surface area contributed by atoms with E-state index in [0.717, 1.165) is 22.2 Å². The number of rotatable bonds is 5. The first-order valence-corrected chi connectivity index (χ1v) is 11.4. The van der Waals surface area contributed by atoms with Crippen LogP contribution < -0.4 is 19.1 Å². The van der Waals surface area contributed by atoms with Crippen LogP contribution in [0.1, 0.15) is 11.1 Å². The second kappa shape index (κ2) is 9.02. The minimum Gasteiger partial charge on any atom is -0.486 e. The topological polar surface area (TPSA) is 65.1 Å². The van der Waals surface area contributed by atoms with Crippen molar-refractivity contribution in [1.82, 2.24) is 0 Å². The summed E-state index contributed by atoms with van der Waals surface area (Å²) < 4.78 is 16.5. The van der Waals surface area contributed by atoms with Gasteiger partial charge in [0.25, 0.3) is 11.1 Å². The SMILES string of the molecule is O=C1S/C(=C\c2cc(Cl)c(OCc3ccc4c(c3)OCO4)c(Cl)c2)C(=O)N1c1ccccc1. The molecule has 0 unspecified atom stereocenters. The third-order valence-corrected chi connectivity index (χ3v) is 6.38. The summed E-state index contributed by atoms with van der Waals surface area (Å²) in [6, 6.07) is 17.6. The number of carbonyl (C=O) groups excluding carboxylic acids is 2. The predicted octanol–water partition coefficient (Wildman–Crippen LogP) is 6.54. The Hall–Kier alpha value is -3.13. The van der Waals surface area contributed by atoms with Gasteiger partial charge in [0.2, 0.25) is 6.79 Å². The van der Waals surface area contributed by atoms with Crippen LogP contribution in [-0.4, -0.2) is 17.9 Å². The van der Waals surface area contributed by atoms with Crippen LogP contribution in [0.4, 0.5) is 10.5 Å². The van der Waals surface area contributed by atoms with E-state index in [1.807, 2.05) is 24.3 Å². The van der Waals surface area contributed by atoms with Crippen LogP contribution in [0.3, 0.4) is 0 Å². The molecular weight excluding hydrogens is 485 g/mol. The van der Waals surface area contributed by atoms with Crippen molar-refractivity contribution in [2.75, 3.05) is 11.7 Å². The highest BCUT2D eigenvalue weighted by molar-refractivity contribution is 8.19. The molecule has 33 heavy (non-hydrogen) atoms. The van der Waals surface area contributed by atoms with Crippen molar-refractivity contribution in [3.05, 3.63) is 86.7 Å². The summed E-state index contributed by atoms with van der Waals surface area (Å²) in [7, 11) is 0. The molecule has 0 aliphatic carbocycles. The third kappa shape index (κ3) is 4.39. The summed E-state index contributed by atoms with van der Waals surface area (Å²) in [5.74, 6) is 1.28. The van der Waals surface area contributed by atoms with Crippen molar-refractivity contribution < 1.29 is 23.8 Å². The molecular formula is C24H15Cl2NO5S. The number of imide groups is 1. The van der Waals surface area contributed by atoms with Gasteiger partial charge in [-0.1, -0.05) is 47.5 Å². The fourth-order valence-corrected chi connectivity index (χ4v) is 4.86. The maximum Gasteiger partial charge on any atom is 0.298 e. The number of ether oxygens (including phenoxy) is 3. The zero-order chi connectivity index (χ0) is 22.9. The van der Waals surface area contributed by atoms with Crippen LogP contribution in [0.15, 0.2) is 65.6 Å². The van der Waals surface area contributed by atoms with E-state index in [-0.39, 0.29) is 33.6 Å². The number of thioether (sulfide) groups is 1. The first-order chi connectivity index (χ1) is 16.0. The molecule has 0 atom stereocenters. The number of para-hydroxylation sites is 1. The van der Waals surface area contributed by atoms with Crippen LogP contribution in [0, 0.1) is 0 Å². The van der Waals surface area contributed by atoms with Crippen LogP contribution >= 0.6 is 35.0 Å². The smallest absolute Gasteiger partial charge is 0.298 e. The largest absolute Gasteiger partial charge is 0.486 e. The minimum absolute atomic E-state index is 0.198. The fourth-order valence-electron chi connectivity index (χ4n) is 3.41. The molecule has 2 heterocycles. The Labute approximate surface area is 203 Å². The van der Waals surface area contributed by atoms with Gasteiger partial charge in [0.1, 0.15) is 6.61 Å². The summed E-state index contributed by atoms with van der Waals surface area (Å²) in [4.78, 5) is 26.6. The van der Waals surface area contributed by atoms with E-state index in [2.05, 4.69) is 0 Å². The van der Waals surface area contributed by atoms with E-state index in [4.69, 9.17) is 37.4 Å². The number of hydrogen-bond donors (Lipinski definition) is 0. The molecule has 1 saturated heterocycles. The Bertz CT molecular complexity index is 1270. The summed E-state index contributed by atoms with van der Waals surface area (Å²) in [5, 5.41) is 0.215. The molecule has 0 radical (unpaired) electrons. The lowest BCUT2D eigenvalue weighted by molar-refractivity contribution is -0.113. The predicted molar refractivity (Wildman–Crippen MR) is 128 cm³/mol. The number of anilines is 1. The van der Waals surface area contributed by atoms with Crippen molar-refractivity contribution in [3.8, 4) is 17.2 Å². The van der Waals surface area contributed by atoms with E-state index < -0.39 is 5.91 Å². The van der Waals surface area contributed by atoms with Gasteiger partial charge in [0.15, 0.2) is 17.2 Å². The quantitative estimate of drug-likeness (QED) is 0.371. The highest BCUT2D eigenvalue weighted by Crippen LogP contribution is 2.39. The van der Waals surface area contributed by atoms with Crippen molar-refractivity contribution in [2.45, 2.75) is 6.61 Å². The molecule has 6 nitrogen and oxygen atoms in total. The van der Waals surface area contributed by atoms with Gasteiger partial charge in [-0.25, -0.2) is 4.90 Å². The second-order valence-corrected chi connectivity index (χ2v) is 8.95. The number of fused-ring (bicyclic) bond motifs is 1. The molecule has 1 fully saturated rings. The van der Waals surface area contributed by atoms with Gasteiger partial charge in [-0.2, -0.15) is 0 Å². The Kier molecular flexibility index (Phi) is 5.93. The molecule has 5 rings (SSSR count). The molecule has 0 aromatic heterocycles. The van der Waals surface area contributed by atoms with E-state index in [1.165, 1.54) is 0 Å². The van der Waals surface area contributed by atoms with E-state index in [9.17, 15) is 9.59 Å². The number of hydrogen-bond acceptors (Lipinski definition) is 6. The van der Waals surface area contributed by atoms with Crippen LogP contribution in [0.2, 0.25) is 10.0 Å². The van der Waals surface area contributed by atoms with Crippen LogP contribution in [0.25, 0.3) is 6.08 Å². The second-order valence-electron chi connectivity index (χ2n) is 7.14. The van der Waals surface area contributed by atoms with Gasteiger partial charge in [0, 0.05) is 0 Å². The number of halogens is 2. The Morgan fingerprint density at radius 2 is 1.70 bits per heavy atom. The Morgan fingerprint density at radius 1 is 0.970 bits per heavy atom. The molecule has 3 aromatic carbocycles. The van der Waals surface area contributed by atoms with Crippen molar-refractivity contribution >= 4 is 57.9 Å². The van der Waals surface area contributed by atoms with Gasteiger partial charge in [-0.15, -0.1) is 0 Å². The molecule has 9 heteroatoms. The van der Waals surface area contributed by atoms with E-state index in [0.29, 0.717) is 28.5 Å². The third-order valence-electron chi connectivity index (χ3n) is 4.95. The lowest BCUT2D eigenvalue weighted by Gasteiger charge is -2.12. The zero-order valence-electron chi connectivity index (χ0n) is 16.9. The van der Waals surface area contributed by atoms with Gasteiger partial charge in [0.05, 0.1) is 20.6 Å². The number of benzene rings is 3. The normalized spacial score (nSPS) is 16.1. The van der Waals surface area contributed by atoms with Crippen molar-refractivity contribution in [2.24, 2.45) is 0 Å². The van der Waals surface area contributed by atoms with Gasteiger partial charge in [-0.3, -0.25) is 9.59 Å². The Morgan fingerprint density at radius 3 is 2.45 bits per heavy atom. The number of nitrogens with zero attached hydrogens (tertiary/aromatic N) is 1. The molecule has 2 aliphatic rings. The number of carbonyl (C=O) groups is 2. The van der Waals surface area contributed by atoms with Gasteiger partial charge >= 0.3 is 0 Å². The summed E-state index contributed by atoms with van der Waals surface area (Å²) in [6.45, 7) is 0.426.